The standard InChI is InChI=1S/C21H25NO4/c1-16(18-6-3-2-4-7-18)24-13-5-12-22-21(23)11-9-17-8-10-19-20(14-17)26-15-25-19/h2-4,6-8,10,14,16H,5,9,11-13,15H2,1H3,(H,22,23)/t16-/m1/s1. The lowest BCUT2D eigenvalue weighted by Crippen LogP contribution is -2.25. The smallest absolute Gasteiger partial charge is 0.231 e. The first-order valence-electron chi connectivity index (χ1n) is 9.04. The zero-order valence-electron chi connectivity index (χ0n) is 15.1. The lowest BCUT2D eigenvalue weighted by molar-refractivity contribution is -0.121. The molecule has 2 aromatic carbocycles. The molecule has 0 fully saturated rings. The molecule has 1 N–H and O–H groups in total. The highest BCUT2D eigenvalue weighted by atomic mass is 16.7. The minimum absolute atomic E-state index is 0.0544. The van der Waals surface area contributed by atoms with Gasteiger partial charge in [-0.15, -0.1) is 0 Å². The fourth-order valence-corrected chi connectivity index (χ4v) is 2.82. The van der Waals surface area contributed by atoms with Gasteiger partial charge in [-0.25, -0.2) is 0 Å². The third-order valence-corrected chi connectivity index (χ3v) is 4.36. The number of rotatable bonds is 9. The molecule has 1 aliphatic heterocycles. The second-order valence-corrected chi connectivity index (χ2v) is 6.31. The Bertz CT molecular complexity index is 717. The Hall–Kier alpha value is -2.53. The number of hydrogen-bond acceptors (Lipinski definition) is 4. The number of aryl methyl sites for hydroxylation is 1. The average molecular weight is 355 g/mol. The van der Waals surface area contributed by atoms with Crippen molar-refractivity contribution in [2.75, 3.05) is 19.9 Å². The molecule has 0 aliphatic carbocycles. The molecule has 5 nitrogen and oxygen atoms in total. The number of nitrogens with one attached hydrogen (secondary N) is 1. The number of ether oxygens (including phenoxy) is 3. The summed E-state index contributed by atoms with van der Waals surface area (Å²) in [7, 11) is 0. The molecule has 5 heteroatoms. The summed E-state index contributed by atoms with van der Waals surface area (Å²) in [5, 5.41) is 2.94. The van der Waals surface area contributed by atoms with E-state index >= 15 is 0 Å². The Morgan fingerprint density at radius 1 is 1.15 bits per heavy atom. The normalized spacial score (nSPS) is 13.4. The molecule has 0 saturated carbocycles. The Morgan fingerprint density at radius 2 is 1.96 bits per heavy atom. The Labute approximate surface area is 154 Å². The van der Waals surface area contributed by atoms with Crippen LogP contribution in [0.25, 0.3) is 0 Å². The first kappa shape index (κ1) is 18.3. The van der Waals surface area contributed by atoms with Crippen molar-refractivity contribution in [2.24, 2.45) is 0 Å². The first-order chi connectivity index (χ1) is 12.7. The van der Waals surface area contributed by atoms with E-state index in [0.29, 0.717) is 26.0 Å². The Balaban J connectivity index is 1.28. The van der Waals surface area contributed by atoms with Gasteiger partial charge in [0.25, 0.3) is 0 Å². The van der Waals surface area contributed by atoms with Gasteiger partial charge in [0.05, 0.1) is 6.10 Å². The van der Waals surface area contributed by atoms with Crippen molar-refractivity contribution in [2.45, 2.75) is 32.3 Å². The molecule has 1 atom stereocenters. The van der Waals surface area contributed by atoms with Gasteiger partial charge in [-0.1, -0.05) is 36.4 Å². The zero-order chi connectivity index (χ0) is 18.2. The third kappa shape index (κ3) is 5.23. The first-order valence-corrected chi connectivity index (χ1v) is 9.04. The van der Waals surface area contributed by atoms with Crippen LogP contribution in [0.4, 0.5) is 0 Å². The molecule has 0 radical (unpaired) electrons. The van der Waals surface area contributed by atoms with E-state index in [1.54, 1.807) is 0 Å². The molecular weight excluding hydrogens is 330 g/mol. The van der Waals surface area contributed by atoms with E-state index in [2.05, 4.69) is 17.4 Å². The summed E-state index contributed by atoms with van der Waals surface area (Å²) in [5.74, 6) is 1.58. The van der Waals surface area contributed by atoms with E-state index in [1.165, 1.54) is 5.56 Å². The summed E-state index contributed by atoms with van der Waals surface area (Å²) >= 11 is 0. The maximum Gasteiger partial charge on any atom is 0.231 e. The van der Waals surface area contributed by atoms with Gasteiger partial charge in [-0.2, -0.15) is 0 Å². The minimum atomic E-state index is 0.0544. The second-order valence-electron chi connectivity index (χ2n) is 6.31. The van der Waals surface area contributed by atoms with Gasteiger partial charge in [0.15, 0.2) is 11.5 Å². The van der Waals surface area contributed by atoms with E-state index in [-0.39, 0.29) is 18.8 Å². The highest BCUT2D eigenvalue weighted by molar-refractivity contribution is 5.76. The SMILES string of the molecule is C[C@@H](OCCCNC(=O)CCc1ccc2c(c1)OCO2)c1ccccc1. The topological polar surface area (TPSA) is 56.8 Å². The van der Waals surface area contributed by atoms with Crippen molar-refractivity contribution in [1.82, 2.24) is 5.32 Å². The maximum atomic E-state index is 12.0. The monoisotopic (exact) mass is 355 g/mol. The summed E-state index contributed by atoms with van der Waals surface area (Å²) in [5.41, 5.74) is 2.24. The van der Waals surface area contributed by atoms with E-state index in [9.17, 15) is 4.79 Å². The summed E-state index contributed by atoms with van der Waals surface area (Å²) in [6.45, 7) is 3.56. The van der Waals surface area contributed by atoms with E-state index < -0.39 is 0 Å². The van der Waals surface area contributed by atoms with Crippen molar-refractivity contribution in [3.63, 3.8) is 0 Å². The van der Waals surface area contributed by atoms with Crippen LogP contribution in [0.15, 0.2) is 48.5 Å². The number of carbonyl (C=O) groups is 1. The molecule has 1 amide bonds. The van der Waals surface area contributed by atoms with E-state index in [1.807, 2.05) is 43.3 Å². The summed E-state index contributed by atoms with van der Waals surface area (Å²) < 4.78 is 16.4. The van der Waals surface area contributed by atoms with Crippen molar-refractivity contribution in [1.29, 1.82) is 0 Å². The second kappa shape index (κ2) is 9.25. The number of amides is 1. The number of benzene rings is 2. The lowest BCUT2D eigenvalue weighted by Gasteiger charge is -2.13. The highest BCUT2D eigenvalue weighted by Gasteiger charge is 2.13. The van der Waals surface area contributed by atoms with Crippen LogP contribution >= 0.6 is 0 Å². The molecule has 26 heavy (non-hydrogen) atoms. The quantitative estimate of drug-likeness (QED) is 0.698. The van der Waals surface area contributed by atoms with Crippen LogP contribution in [0.1, 0.15) is 37.0 Å². The van der Waals surface area contributed by atoms with Gasteiger partial charge < -0.3 is 19.5 Å². The number of carbonyl (C=O) groups excluding carboxylic acids is 1. The Morgan fingerprint density at radius 3 is 2.81 bits per heavy atom. The number of fused-ring (bicyclic) bond motifs is 1. The van der Waals surface area contributed by atoms with Crippen molar-refractivity contribution in [3.05, 3.63) is 59.7 Å². The summed E-state index contributed by atoms with van der Waals surface area (Å²) in [6.07, 6.45) is 2.01. The fourth-order valence-electron chi connectivity index (χ4n) is 2.82. The van der Waals surface area contributed by atoms with E-state index in [0.717, 1.165) is 23.5 Å². The molecule has 0 bridgehead atoms. The summed E-state index contributed by atoms with van der Waals surface area (Å²) in [6, 6.07) is 15.9. The molecule has 0 spiro atoms. The molecule has 0 unspecified atom stereocenters. The van der Waals surface area contributed by atoms with Crippen molar-refractivity contribution >= 4 is 5.91 Å². The van der Waals surface area contributed by atoms with Gasteiger partial charge in [-0.3, -0.25) is 4.79 Å². The highest BCUT2D eigenvalue weighted by Crippen LogP contribution is 2.32. The van der Waals surface area contributed by atoms with Crippen LogP contribution in [0.5, 0.6) is 11.5 Å². The van der Waals surface area contributed by atoms with Crippen LogP contribution in [0.3, 0.4) is 0 Å². The third-order valence-electron chi connectivity index (χ3n) is 4.36. The van der Waals surface area contributed by atoms with Crippen LogP contribution in [0.2, 0.25) is 0 Å². The molecular formula is C21H25NO4. The fraction of sp³-hybridized carbons (Fsp3) is 0.381. The number of hydrogen-bond donors (Lipinski definition) is 1. The zero-order valence-corrected chi connectivity index (χ0v) is 15.1. The van der Waals surface area contributed by atoms with Gasteiger partial charge in [0.2, 0.25) is 12.7 Å². The van der Waals surface area contributed by atoms with Gasteiger partial charge in [-0.05, 0) is 43.0 Å². The van der Waals surface area contributed by atoms with Crippen molar-refractivity contribution in [3.8, 4) is 11.5 Å². The average Bonchev–Trinajstić information content (AvgIpc) is 3.14. The van der Waals surface area contributed by atoms with E-state index in [4.69, 9.17) is 14.2 Å². The predicted octanol–water partition coefficient (Wildman–Crippen LogP) is 3.63. The maximum absolute atomic E-state index is 12.0. The molecule has 2 aromatic rings. The lowest BCUT2D eigenvalue weighted by atomic mass is 10.1. The van der Waals surface area contributed by atoms with Crippen LogP contribution < -0.4 is 14.8 Å². The predicted molar refractivity (Wildman–Crippen MR) is 99.3 cm³/mol. The van der Waals surface area contributed by atoms with Gasteiger partial charge in [0, 0.05) is 19.6 Å². The van der Waals surface area contributed by atoms with Gasteiger partial charge in [0.1, 0.15) is 0 Å². The molecule has 0 aromatic heterocycles. The van der Waals surface area contributed by atoms with Crippen LogP contribution in [0, 0.1) is 0 Å². The molecule has 1 aliphatic rings. The van der Waals surface area contributed by atoms with Gasteiger partial charge >= 0.3 is 0 Å². The minimum Gasteiger partial charge on any atom is -0.454 e. The van der Waals surface area contributed by atoms with Crippen LogP contribution in [-0.2, 0) is 16.0 Å². The molecule has 1 heterocycles. The van der Waals surface area contributed by atoms with Crippen LogP contribution in [-0.4, -0.2) is 25.9 Å². The summed E-state index contributed by atoms with van der Waals surface area (Å²) in [4.78, 5) is 12.0. The van der Waals surface area contributed by atoms with Crippen molar-refractivity contribution < 1.29 is 19.0 Å². The molecule has 138 valence electrons. The molecule has 3 rings (SSSR count). The molecule has 0 saturated heterocycles. The Kier molecular flexibility index (Phi) is 6.50. The largest absolute Gasteiger partial charge is 0.454 e.